The van der Waals surface area contributed by atoms with Crippen molar-refractivity contribution in [2.75, 3.05) is 13.1 Å². The molecule has 110 valence electrons. The zero-order valence-electron chi connectivity index (χ0n) is 13.0. The van der Waals surface area contributed by atoms with Gasteiger partial charge in [0.1, 0.15) is 0 Å². The predicted molar refractivity (Wildman–Crippen MR) is 78.6 cm³/mol. The maximum Gasteiger partial charge on any atom is 0.225 e. The highest BCUT2D eigenvalue weighted by atomic mass is 16.2. The number of nitrogens with two attached hydrogens (primary N) is 1. The second-order valence-electron chi connectivity index (χ2n) is 7.80. The Kier molecular flexibility index (Phi) is 4.24. The molecule has 0 radical (unpaired) electrons. The van der Waals surface area contributed by atoms with Crippen molar-refractivity contribution in [3.63, 3.8) is 0 Å². The molecule has 1 aliphatic carbocycles. The van der Waals surface area contributed by atoms with Gasteiger partial charge in [-0.05, 0) is 42.9 Å². The van der Waals surface area contributed by atoms with Crippen LogP contribution in [0.3, 0.4) is 0 Å². The maximum absolute atomic E-state index is 12.5. The van der Waals surface area contributed by atoms with Gasteiger partial charge < -0.3 is 10.6 Å². The molecular weight excluding hydrogens is 236 g/mol. The standard InChI is InChI=1S/C16H30N2O/c1-11-9-18(10-14(11)17)15(19)12-5-7-13(8-6-12)16(2,3)4/h11-14H,5-10,17H2,1-4H3. The van der Waals surface area contributed by atoms with Gasteiger partial charge in [0.25, 0.3) is 0 Å². The Balaban J connectivity index is 1.86. The molecule has 2 aliphatic rings. The zero-order valence-corrected chi connectivity index (χ0v) is 13.0. The molecule has 1 saturated carbocycles. The average molecular weight is 266 g/mol. The van der Waals surface area contributed by atoms with E-state index in [-0.39, 0.29) is 12.0 Å². The van der Waals surface area contributed by atoms with Crippen molar-refractivity contribution in [1.29, 1.82) is 0 Å². The molecule has 1 aliphatic heterocycles. The molecule has 0 spiro atoms. The van der Waals surface area contributed by atoms with Gasteiger partial charge in [-0.3, -0.25) is 4.79 Å². The molecule has 2 rings (SSSR count). The van der Waals surface area contributed by atoms with Gasteiger partial charge in [-0.2, -0.15) is 0 Å². The van der Waals surface area contributed by atoms with Gasteiger partial charge in [-0.25, -0.2) is 0 Å². The van der Waals surface area contributed by atoms with Crippen LogP contribution in [0.4, 0.5) is 0 Å². The van der Waals surface area contributed by atoms with Crippen LogP contribution in [-0.2, 0) is 4.79 Å². The van der Waals surface area contributed by atoms with Crippen molar-refractivity contribution in [2.45, 2.75) is 59.4 Å². The summed E-state index contributed by atoms with van der Waals surface area (Å²) in [6.07, 6.45) is 4.55. The van der Waals surface area contributed by atoms with Crippen molar-refractivity contribution in [2.24, 2.45) is 28.9 Å². The summed E-state index contributed by atoms with van der Waals surface area (Å²) in [5, 5.41) is 0. The van der Waals surface area contributed by atoms with Gasteiger partial charge in [0, 0.05) is 25.0 Å². The van der Waals surface area contributed by atoms with E-state index in [0.29, 0.717) is 17.2 Å². The Morgan fingerprint density at radius 3 is 2.11 bits per heavy atom. The fraction of sp³-hybridized carbons (Fsp3) is 0.938. The van der Waals surface area contributed by atoms with Crippen LogP contribution in [0.5, 0.6) is 0 Å². The van der Waals surface area contributed by atoms with Gasteiger partial charge in [0.2, 0.25) is 5.91 Å². The highest BCUT2D eigenvalue weighted by Gasteiger charge is 2.37. The summed E-state index contributed by atoms with van der Waals surface area (Å²) in [7, 11) is 0. The minimum Gasteiger partial charge on any atom is -0.341 e. The van der Waals surface area contributed by atoms with Crippen LogP contribution in [0.25, 0.3) is 0 Å². The molecular formula is C16H30N2O. The number of carbonyl (C=O) groups excluding carboxylic acids is 1. The number of hydrogen-bond acceptors (Lipinski definition) is 2. The highest BCUT2D eigenvalue weighted by Crippen LogP contribution is 2.40. The topological polar surface area (TPSA) is 46.3 Å². The molecule has 1 saturated heterocycles. The Morgan fingerprint density at radius 1 is 1.11 bits per heavy atom. The monoisotopic (exact) mass is 266 g/mol. The van der Waals surface area contributed by atoms with Crippen LogP contribution in [0.2, 0.25) is 0 Å². The first-order valence-corrected chi connectivity index (χ1v) is 7.83. The van der Waals surface area contributed by atoms with E-state index >= 15 is 0 Å². The van der Waals surface area contributed by atoms with Crippen LogP contribution in [-0.4, -0.2) is 29.9 Å². The van der Waals surface area contributed by atoms with E-state index < -0.39 is 0 Å². The third kappa shape index (κ3) is 3.31. The molecule has 1 amide bonds. The fourth-order valence-electron chi connectivity index (χ4n) is 3.64. The minimum atomic E-state index is 0.176. The van der Waals surface area contributed by atoms with E-state index in [1.165, 1.54) is 12.8 Å². The van der Waals surface area contributed by atoms with Gasteiger partial charge in [0.05, 0.1) is 0 Å². The predicted octanol–water partition coefficient (Wildman–Crippen LogP) is 2.64. The molecule has 2 N–H and O–H groups in total. The molecule has 1 heterocycles. The summed E-state index contributed by atoms with van der Waals surface area (Å²) >= 11 is 0. The summed E-state index contributed by atoms with van der Waals surface area (Å²) in [4.78, 5) is 14.5. The lowest BCUT2D eigenvalue weighted by Crippen LogP contribution is -2.38. The molecule has 0 bridgehead atoms. The first-order valence-electron chi connectivity index (χ1n) is 7.83. The fourth-order valence-corrected chi connectivity index (χ4v) is 3.64. The molecule has 2 unspecified atom stereocenters. The SMILES string of the molecule is CC1CN(C(=O)C2CCC(C(C)(C)C)CC2)CC1N. The van der Waals surface area contributed by atoms with Crippen molar-refractivity contribution < 1.29 is 4.79 Å². The largest absolute Gasteiger partial charge is 0.341 e. The zero-order chi connectivity index (χ0) is 14.2. The molecule has 0 aromatic carbocycles. The first kappa shape index (κ1) is 14.8. The Hall–Kier alpha value is -0.570. The summed E-state index contributed by atoms with van der Waals surface area (Å²) in [5.74, 6) is 1.86. The molecule has 19 heavy (non-hydrogen) atoms. The van der Waals surface area contributed by atoms with Crippen molar-refractivity contribution in [3.05, 3.63) is 0 Å². The number of rotatable bonds is 1. The van der Waals surface area contributed by atoms with E-state index in [4.69, 9.17) is 5.73 Å². The summed E-state index contributed by atoms with van der Waals surface area (Å²) in [5.41, 5.74) is 6.41. The highest BCUT2D eigenvalue weighted by molar-refractivity contribution is 5.79. The van der Waals surface area contributed by atoms with E-state index in [2.05, 4.69) is 27.7 Å². The van der Waals surface area contributed by atoms with E-state index in [9.17, 15) is 4.79 Å². The maximum atomic E-state index is 12.5. The summed E-state index contributed by atoms with van der Waals surface area (Å²) in [6, 6.07) is 0.176. The molecule has 0 aromatic rings. The Bertz CT molecular complexity index is 316. The summed E-state index contributed by atoms with van der Waals surface area (Å²) < 4.78 is 0. The van der Waals surface area contributed by atoms with Gasteiger partial charge in [-0.1, -0.05) is 27.7 Å². The Morgan fingerprint density at radius 2 is 1.68 bits per heavy atom. The van der Waals surface area contributed by atoms with E-state index in [0.717, 1.165) is 31.8 Å². The average Bonchev–Trinajstić information content (AvgIpc) is 2.68. The van der Waals surface area contributed by atoms with E-state index in [1.54, 1.807) is 0 Å². The van der Waals surface area contributed by atoms with Crippen molar-refractivity contribution in [1.82, 2.24) is 4.90 Å². The second kappa shape index (κ2) is 5.43. The number of carbonyl (C=O) groups is 1. The lowest BCUT2D eigenvalue weighted by molar-refractivity contribution is -0.136. The molecule has 3 nitrogen and oxygen atoms in total. The lowest BCUT2D eigenvalue weighted by atomic mass is 9.69. The minimum absolute atomic E-state index is 0.176. The van der Waals surface area contributed by atoms with Crippen LogP contribution >= 0.6 is 0 Å². The molecule has 3 heteroatoms. The van der Waals surface area contributed by atoms with Crippen molar-refractivity contribution in [3.8, 4) is 0 Å². The number of hydrogen-bond donors (Lipinski definition) is 1. The van der Waals surface area contributed by atoms with Gasteiger partial charge in [0.15, 0.2) is 0 Å². The lowest BCUT2D eigenvalue weighted by Gasteiger charge is -2.37. The summed E-state index contributed by atoms with van der Waals surface area (Å²) in [6.45, 7) is 10.7. The smallest absolute Gasteiger partial charge is 0.225 e. The number of amides is 1. The van der Waals surface area contributed by atoms with Crippen LogP contribution in [0.1, 0.15) is 53.4 Å². The van der Waals surface area contributed by atoms with Crippen LogP contribution in [0, 0.1) is 23.2 Å². The third-order valence-electron chi connectivity index (χ3n) is 5.28. The second-order valence-corrected chi connectivity index (χ2v) is 7.80. The van der Waals surface area contributed by atoms with Gasteiger partial charge >= 0.3 is 0 Å². The Labute approximate surface area is 117 Å². The third-order valence-corrected chi connectivity index (χ3v) is 5.28. The van der Waals surface area contributed by atoms with Crippen molar-refractivity contribution >= 4 is 5.91 Å². The first-order chi connectivity index (χ1) is 8.79. The normalized spacial score (nSPS) is 36.6. The molecule has 2 fully saturated rings. The van der Waals surface area contributed by atoms with Crippen LogP contribution < -0.4 is 5.73 Å². The quantitative estimate of drug-likeness (QED) is 0.793. The number of likely N-dealkylation sites (tertiary alicyclic amines) is 1. The molecule has 0 aromatic heterocycles. The van der Waals surface area contributed by atoms with Gasteiger partial charge in [-0.15, -0.1) is 0 Å². The van der Waals surface area contributed by atoms with E-state index in [1.807, 2.05) is 4.90 Å². The van der Waals surface area contributed by atoms with Crippen LogP contribution in [0.15, 0.2) is 0 Å². The molecule has 2 atom stereocenters. The number of nitrogens with zero attached hydrogens (tertiary/aromatic N) is 1.